The third-order valence-corrected chi connectivity index (χ3v) is 8.48. The quantitative estimate of drug-likeness (QED) is 0.220. The molecule has 0 fully saturated rings. The summed E-state index contributed by atoms with van der Waals surface area (Å²) in [5.74, 6) is 2.03. The highest BCUT2D eigenvalue weighted by Gasteiger charge is 2.20. The van der Waals surface area contributed by atoms with Crippen molar-refractivity contribution in [1.82, 2.24) is 15.0 Å². The van der Waals surface area contributed by atoms with Crippen molar-refractivity contribution >= 4 is 53.1 Å². The third-order valence-electron chi connectivity index (χ3n) is 7.29. The van der Waals surface area contributed by atoms with Crippen molar-refractivity contribution in [2.45, 2.75) is 0 Å². The molecule has 0 spiro atoms. The molecule has 0 aliphatic heterocycles. The molecule has 0 unspecified atom stereocenters. The van der Waals surface area contributed by atoms with E-state index < -0.39 is 0 Å². The van der Waals surface area contributed by atoms with Crippen molar-refractivity contribution in [2.75, 3.05) is 0 Å². The molecular weight excluding hydrogens is 494 g/mol. The number of thiophene rings is 1. The van der Waals surface area contributed by atoms with E-state index >= 15 is 0 Å². The van der Waals surface area contributed by atoms with Crippen LogP contribution in [0.3, 0.4) is 0 Å². The van der Waals surface area contributed by atoms with E-state index in [0.29, 0.717) is 17.5 Å². The second kappa shape index (κ2) is 8.83. The van der Waals surface area contributed by atoms with E-state index in [1.165, 1.54) is 41.7 Å². The molecule has 8 rings (SSSR count). The molecule has 0 aliphatic rings. The van der Waals surface area contributed by atoms with Gasteiger partial charge in [-0.05, 0) is 28.3 Å². The standard InChI is InChI=1S/C35H21N3S/c1-3-12-23(13-4-1)33-36-34(24-14-5-2-6-15-24)38-35(37-33)28-21-25-20-19-22-11-7-8-16-26(22)30(25)32-31(28)27-17-9-10-18-29(27)39-32/h1-21H. The zero-order chi connectivity index (χ0) is 25.8. The smallest absolute Gasteiger partial charge is 0.164 e. The molecule has 0 amide bonds. The Morgan fingerprint density at radius 3 is 1.72 bits per heavy atom. The lowest BCUT2D eigenvalue weighted by Crippen LogP contribution is -2.00. The third kappa shape index (κ3) is 3.61. The lowest BCUT2D eigenvalue weighted by molar-refractivity contribution is 1.08. The summed E-state index contributed by atoms with van der Waals surface area (Å²) in [5, 5.41) is 7.41. The van der Waals surface area contributed by atoms with Gasteiger partial charge in [0.05, 0.1) is 0 Å². The predicted molar refractivity (Wildman–Crippen MR) is 164 cm³/mol. The van der Waals surface area contributed by atoms with E-state index in [0.717, 1.165) is 16.7 Å². The average Bonchev–Trinajstić information content (AvgIpc) is 3.41. The first-order valence-electron chi connectivity index (χ1n) is 13.0. The van der Waals surface area contributed by atoms with Crippen LogP contribution in [0.1, 0.15) is 0 Å². The van der Waals surface area contributed by atoms with Gasteiger partial charge >= 0.3 is 0 Å². The van der Waals surface area contributed by atoms with Gasteiger partial charge in [0.15, 0.2) is 17.5 Å². The number of benzene rings is 6. The van der Waals surface area contributed by atoms with Gasteiger partial charge in [-0.25, -0.2) is 15.0 Å². The summed E-state index contributed by atoms with van der Waals surface area (Å²) in [6, 6.07) is 44.3. The van der Waals surface area contributed by atoms with Crippen molar-refractivity contribution in [1.29, 1.82) is 0 Å². The zero-order valence-corrected chi connectivity index (χ0v) is 21.7. The van der Waals surface area contributed by atoms with E-state index in [2.05, 4.69) is 91.0 Å². The second-order valence-corrected chi connectivity index (χ2v) is 10.7. The number of rotatable bonds is 3. The first kappa shape index (κ1) is 22.1. The van der Waals surface area contributed by atoms with Crippen LogP contribution in [0.15, 0.2) is 127 Å². The Morgan fingerprint density at radius 2 is 1.00 bits per heavy atom. The van der Waals surface area contributed by atoms with Gasteiger partial charge in [-0.1, -0.05) is 115 Å². The maximum atomic E-state index is 5.09. The van der Waals surface area contributed by atoms with Crippen LogP contribution in [0.25, 0.3) is 75.9 Å². The summed E-state index contributed by atoms with van der Waals surface area (Å²) in [6.07, 6.45) is 0. The maximum absolute atomic E-state index is 5.09. The zero-order valence-electron chi connectivity index (χ0n) is 20.9. The van der Waals surface area contributed by atoms with Crippen LogP contribution in [0.5, 0.6) is 0 Å². The Balaban J connectivity index is 1.51. The maximum Gasteiger partial charge on any atom is 0.164 e. The van der Waals surface area contributed by atoms with Crippen LogP contribution >= 0.6 is 11.3 Å². The van der Waals surface area contributed by atoms with Crippen LogP contribution < -0.4 is 0 Å². The Hall–Kier alpha value is -4.93. The van der Waals surface area contributed by atoms with Crippen LogP contribution in [-0.4, -0.2) is 15.0 Å². The molecule has 6 aromatic carbocycles. The molecule has 8 aromatic rings. The Bertz CT molecular complexity index is 2110. The van der Waals surface area contributed by atoms with Gasteiger partial charge in [-0.3, -0.25) is 0 Å². The lowest BCUT2D eigenvalue weighted by Gasteiger charge is -2.12. The van der Waals surface area contributed by atoms with Gasteiger partial charge in [0.2, 0.25) is 0 Å². The van der Waals surface area contributed by atoms with Gasteiger partial charge in [0, 0.05) is 42.2 Å². The number of hydrogen-bond acceptors (Lipinski definition) is 4. The summed E-state index contributed by atoms with van der Waals surface area (Å²) in [6.45, 7) is 0. The normalized spacial score (nSPS) is 11.6. The van der Waals surface area contributed by atoms with E-state index in [4.69, 9.17) is 15.0 Å². The molecule has 0 bridgehead atoms. The lowest BCUT2D eigenvalue weighted by atomic mass is 9.96. The molecule has 39 heavy (non-hydrogen) atoms. The molecule has 0 atom stereocenters. The van der Waals surface area contributed by atoms with Crippen molar-refractivity contribution in [3.8, 4) is 34.2 Å². The summed E-state index contributed by atoms with van der Waals surface area (Å²) < 4.78 is 2.53. The van der Waals surface area contributed by atoms with E-state index in [9.17, 15) is 0 Å². The summed E-state index contributed by atoms with van der Waals surface area (Å²) in [7, 11) is 0. The highest BCUT2D eigenvalue weighted by atomic mass is 32.1. The fourth-order valence-corrected chi connectivity index (χ4v) is 6.78. The van der Waals surface area contributed by atoms with Crippen molar-refractivity contribution < 1.29 is 0 Å². The topological polar surface area (TPSA) is 38.7 Å². The van der Waals surface area contributed by atoms with Crippen molar-refractivity contribution in [2.24, 2.45) is 0 Å². The van der Waals surface area contributed by atoms with Crippen LogP contribution in [0, 0.1) is 0 Å². The minimum Gasteiger partial charge on any atom is -0.208 e. The molecule has 4 heteroatoms. The molecule has 182 valence electrons. The molecular formula is C35H21N3S. The minimum absolute atomic E-state index is 0.672. The van der Waals surface area contributed by atoms with Crippen molar-refractivity contribution in [3.05, 3.63) is 127 Å². The van der Waals surface area contributed by atoms with E-state index in [1.54, 1.807) is 0 Å². The highest BCUT2D eigenvalue weighted by Crippen LogP contribution is 2.45. The molecule has 0 aliphatic carbocycles. The van der Waals surface area contributed by atoms with Crippen LogP contribution in [-0.2, 0) is 0 Å². The average molecular weight is 516 g/mol. The molecule has 0 saturated heterocycles. The molecule has 0 saturated carbocycles. The van der Waals surface area contributed by atoms with Gasteiger partial charge in [0.1, 0.15) is 0 Å². The Kier molecular flexibility index (Phi) is 5.00. The van der Waals surface area contributed by atoms with Gasteiger partial charge in [0.25, 0.3) is 0 Å². The fraction of sp³-hybridized carbons (Fsp3) is 0. The number of hydrogen-bond donors (Lipinski definition) is 0. The SMILES string of the molecule is c1ccc(-c2nc(-c3ccccc3)nc(-c3cc4ccc5ccccc5c4c4sc5ccccc5c34)n2)cc1. The highest BCUT2D eigenvalue weighted by molar-refractivity contribution is 7.27. The predicted octanol–water partition coefficient (Wildman–Crippen LogP) is 9.55. The largest absolute Gasteiger partial charge is 0.208 e. The number of fused-ring (bicyclic) bond motifs is 7. The van der Waals surface area contributed by atoms with E-state index in [-0.39, 0.29) is 0 Å². The first-order chi connectivity index (χ1) is 19.3. The van der Waals surface area contributed by atoms with Crippen molar-refractivity contribution in [3.63, 3.8) is 0 Å². The first-order valence-corrected chi connectivity index (χ1v) is 13.8. The van der Waals surface area contributed by atoms with Gasteiger partial charge in [-0.15, -0.1) is 11.3 Å². The van der Waals surface area contributed by atoms with Gasteiger partial charge < -0.3 is 0 Å². The summed E-state index contributed by atoms with van der Waals surface area (Å²) in [5.41, 5.74) is 2.97. The number of aromatic nitrogens is 3. The summed E-state index contributed by atoms with van der Waals surface area (Å²) >= 11 is 1.84. The monoisotopic (exact) mass is 515 g/mol. The van der Waals surface area contributed by atoms with Crippen LogP contribution in [0.4, 0.5) is 0 Å². The molecule has 0 N–H and O–H groups in total. The Labute approximate surface area is 229 Å². The molecule has 3 nitrogen and oxygen atoms in total. The van der Waals surface area contributed by atoms with E-state index in [1.807, 2.05) is 47.7 Å². The second-order valence-electron chi connectivity index (χ2n) is 9.65. The molecule has 0 radical (unpaired) electrons. The Morgan fingerprint density at radius 1 is 0.436 bits per heavy atom. The summed E-state index contributed by atoms with van der Waals surface area (Å²) in [4.78, 5) is 15.1. The van der Waals surface area contributed by atoms with Gasteiger partial charge in [-0.2, -0.15) is 0 Å². The fourth-order valence-electron chi connectivity index (χ4n) is 5.48. The van der Waals surface area contributed by atoms with Crippen LogP contribution in [0.2, 0.25) is 0 Å². The number of nitrogens with zero attached hydrogens (tertiary/aromatic N) is 3. The molecule has 2 heterocycles. The molecule has 2 aromatic heterocycles. The minimum atomic E-state index is 0.672.